The van der Waals surface area contributed by atoms with Gasteiger partial charge >= 0.3 is 0 Å². The first-order valence-corrected chi connectivity index (χ1v) is 8.70. The molecule has 0 bridgehead atoms. The summed E-state index contributed by atoms with van der Waals surface area (Å²) in [5.41, 5.74) is 2.85. The average Bonchev–Trinajstić information content (AvgIpc) is 3.01. The largest absolute Gasteiger partial charge is 0.373 e. The lowest BCUT2D eigenvalue weighted by Gasteiger charge is -2.29. The third kappa shape index (κ3) is 3.73. The van der Waals surface area contributed by atoms with E-state index in [0.29, 0.717) is 6.04 Å². The highest BCUT2D eigenvalue weighted by molar-refractivity contribution is 7.09. The van der Waals surface area contributed by atoms with Crippen LogP contribution in [0.1, 0.15) is 35.5 Å². The van der Waals surface area contributed by atoms with Gasteiger partial charge in [-0.05, 0) is 48.4 Å². The Kier molecular flexibility index (Phi) is 5.07. The SMILES string of the molecule is CCNC(Cc1cccs1)CC1OCCc2ccccc21. The van der Waals surface area contributed by atoms with Crippen molar-refractivity contribution < 1.29 is 4.74 Å². The fourth-order valence-electron chi connectivity index (χ4n) is 3.13. The van der Waals surface area contributed by atoms with Crippen molar-refractivity contribution in [3.05, 3.63) is 57.8 Å². The van der Waals surface area contributed by atoms with Gasteiger partial charge in [-0.1, -0.05) is 37.3 Å². The van der Waals surface area contributed by atoms with Crippen LogP contribution in [-0.2, 0) is 17.6 Å². The molecular weight excluding hydrogens is 278 g/mol. The van der Waals surface area contributed by atoms with Crippen molar-refractivity contribution in [2.24, 2.45) is 0 Å². The van der Waals surface area contributed by atoms with Crippen molar-refractivity contribution in [1.29, 1.82) is 0 Å². The lowest BCUT2D eigenvalue weighted by molar-refractivity contribution is 0.0296. The fraction of sp³-hybridized carbons (Fsp3) is 0.444. The summed E-state index contributed by atoms with van der Waals surface area (Å²) in [7, 11) is 0. The number of likely N-dealkylation sites (N-methyl/N-ethyl adjacent to an activating group) is 1. The number of thiophene rings is 1. The molecule has 3 heteroatoms. The molecule has 0 fully saturated rings. The van der Waals surface area contributed by atoms with Gasteiger partial charge in [-0.25, -0.2) is 0 Å². The molecule has 21 heavy (non-hydrogen) atoms. The van der Waals surface area contributed by atoms with Crippen molar-refractivity contribution in [2.45, 2.75) is 38.3 Å². The molecule has 0 radical (unpaired) electrons. The summed E-state index contributed by atoms with van der Waals surface area (Å²) in [6.45, 7) is 4.03. The molecule has 2 aromatic rings. The van der Waals surface area contributed by atoms with Crippen LogP contribution in [0.15, 0.2) is 41.8 Å². The Morgan fingerprint density at radius 2 is 2.19 bits per heavy atom. The van der Waals surface area contributed by atoms with Crippen LogP contribution in [0.3, 0.4) is 0 Å². The van der Waals surface area contributed by atoms with E-state index in [1.54, 1.807) is 0 Å². The molecule has 112 valence electrons. The summed E-state index contributed by atoms with van der Waals surface area (Å²) in [5.74, 6) is 0. The van der Waals surface area contributed by atoms with E-state index in [9.17, 15) is 0 Å². The highest BCUT2D eigenvalue weighted by Gasteiger charge is 2.24. The Morgan fingerprint density at radius 3 is 3.00 bits per heavy atom. The molecule has 2 unspecified atom stereocenters. The Labute approximate surface area is 131 Å². The second-order valence-electron chi connectivity index (χ2n) is 5.58. The van der Waals surface area contributed by atoms with E-state index in [0.717, 1.165) is 32.4 Å². The second kappa shape index (κ2) is 7.21. The van der Waals surface area contributed by atoms with Crippen LogP contribution >= 0.6 is 11.3 Å². The lowest BCUT2D eigenvalue weighted by atomic mass is 9.92. The molecule has 3 rings (SSSR count). The molecule has 2 atom stereocenters. The van der Waals surface area contributed by atoms with Gasteiger partial charge in [0.25, 0.3) is 0 Å². The topological polar surface area (TPSA) is 21.3 Å². The van der Waals surface area contributed by atoms with Gasteiger partial charge in [0.1, 0.15) is 0 Å². The number of hydrogen-bond donors (Lipinski definition) is 1. The highest BCUT2D eigenvalue weighted by Crippen LogP contribution is 2.31. The van der Waals surface area contributed by atoms with Gasteiger partial charge in [-0.3, -0.25) is 0 Å². The van der Waals surface area contributed by atoms with E-state index < -0.39 is 0 Å². The van der Waals surface area contributed by atoms with E-state index in [1.807, 2.05) is 11.3 Å². The third-order valence-corrected chi connectivity index (χ3v) is 5.01. The van der Waals surface area contributed by atoms with Crippen LogP contribution in [0, 0.1) is 0 Å². The van der Waals surface area contributed by atoms with Gasteiger partial charge in [0, 0.05) is 10.9 Å². The van der Waals surface area contributed by atoms with E-state index >= 15 is 0 Å². The van der Waals surface area contributed by atoms with Crippen molar-refractivity contribution in [2.75, 3.05) is 13.2 Å². The fourth-order valence-corrected chi connectivity index (χ4v) is 3.92. The molecule has 1 aromatic carbocycles. The third-order valence-electron chi connectivity index (χ3n) is 4.11. The number of benzene rings is 1. The predicted octanol–water partition coefficient (Wildman–Crippen LogP) is 3.97. The summed E-state index contributed by atoms with van der Waals surface area (Å²) in [6, 6.07) is 13.6. The smallest absolute Gasteiger partial charge is 0.0842 e. The zero-order chi connectivity index (χ0) is 14.5. The van der Waals surface area contributed by atoms with Gasteiger partial charge in [-0.2, -0.15) is 0 Å². The van der Waals surface area contributed by atoms with Gasteiger partial charge in [0.15, 0.2) is 0 Å². The first kappa shape index (κ1) is 14.8. The predicted molar refractivity (Wildman–Crippen MR) is 88.9 cm³/mol. The van der Waals surface area contributed by atoms with E-state index in [-0.39, 0.29) is 6.10 Å². The monoisotopic (exact) mass is 301 g/mol. The maximum atomic E-state index is 6.06. The van der Waals surface area contributed by atoms with Crippen LogP contribution < -0.4 is 5.32 Å². The quantitative estimate of drug-likeness (QED) is 0.871. The number of fused-ring (bicyclic) bond motifs is 1. The van der Waals surface area contributed by atoms with E-state index in [1.165, 1.54) is 16.0 Å². The molecule has 0 saturated carbocycles. The van der Waals surface area contributed by atoms with Crippen molar-refractivity contribution in [3.8, 4) is 0 Å². The first-order valence-electron chi connectivity index (χ1n) is 7.82. The lowest BCUT2D eigenvalue weighted by Crippen LogP contribution is -2.34. The zero-order valence-electron chi connectivity index (χ0n) is 12.5. The molecule has 1 aromatic heterocycles. The van der Waals surface area contributed by atoms with Crippen molar-refractivity contribution in [3.63, 3.8) is 0 Å². The Hall–Kier alpha value is -1.16. The normalized spacial score (nSPS) is 19.2. The van der Waals surface area contributed by atoms with Crippen LogP contribution in [0.25, 0.3) is 0 Å². The Bertz CT molecular complexity index is 552. The van der Waals surface area contributed by atoms with Gasteiger partial charge in [0.2, 0.25) is 0 Å². The molecule has 1 aliphatic heterocycles. The van der Waals surface area contributed by atoms with Crippen molar-refractivity contribution in [1.82, 2.24) is 5.32 Å². The van der Waals surface area contributed by atoms with Crippen LogP contribution in [0.4, 0.5) is 0 Å². The molecule has 1 aliphatic rings. The maximum absolute atomic E-state index is 6.06. The minimum Gasteiger partial charge on any atom is -0.373 e. The number of ether oxygens (including phenoxy) is 1. The number of nitrogens with one attached hydrogen (secondary N) is 1. The van der Waals surface area contributed by atoms with Crippen LogP contribution in [0.5, 0.6) is 0 Å². The Balaban J connectivity index is 1.71. The molecule has 0 saturated heterocycles. The summed E-state index contributed by atoms with van der Waals surface area (Å²) >= 11 is 1.84. The summed E-state index contributed by atoms with van der Waals surface area (Å²) in [6.07, 6.45) is 3.42. The van der Waals surface area contributed by atoms with Crippen LogP contribution in [0.2, 0.25) is 0 Å². The van der Waals surface area contributed by atoms with Gasteiger partial charge in [0.05, 0.1) is 12.7 Å². The minimum atomic E-state index is 0.235. The van der Waals surface area contributed by atoms with E-state index in [2.05, 4.69) is 54.0 Å². The number of rotatable bonds is 6. The molecule has 2 nitrogen and oxygen atoms in total. The zero-order valence-corrected chi connectivity index (χ0v) is 13.4. The molecule has 0 amide bonds. The van der Waals surface area contributed by atoms with Crippen molar-refractivity contribution >= 4 is 11.3 Å². The molecule has 0 spiro atoms. The minimum absolute atomic E-state index is 0.235. The standard InChI is InChI=1S/C18H23NOS/c1-2-19-15(12-16-7-5-11-21-16)13-18-17-8-4-3-6-14(17)9-10-20-18/h3-8,11,15,18-19H,2,9-10,12-13H2,1H3. The first-order chi connectivity index (χ1) is 10.4. The molecule has 0 aliphatic carbocycles. The summed E-state index contributed by atoms with van der Waals surface area (Å²) in [4.78, 5) is 1.45. The highest BCUT2D eigenvalue weighted by atomic mass is 32.1. The van der Waals surface area contributed by atoms with Gasteiger partial charge < -0.3 is 10.1 Å². The average molecular weight is 301 g/mol. The van der Waals surface area contributed by atoms with Crippen LogP contribution in [-0.4, -0.2) is 19.2 Å². The Morgan fingerprint density at radius 1 is 1.29 bits per heavy atom. The van der Waals surface area contributed by atoms with Gasteiger partial charge in [-0.15, -0.1) is 11.3 Å². The van der Waals surface area contributed by atoms with E-state index in [4.69, 9.17) is 4.74 Å². The molecular formula is C18H23NOS. The summed E-state index contributed by atoms with van der Waals surface area (Å²) in [5, 5.41) is 5.78. The molecule has 1 N–H and O–H groups in total. The summed E-state index contributed by atoms with van der Waals surface area (Å²) < 4.78 is 6.06. The second-order valence-corrected chi connectivity index (χ2v) is 6.61. The number of hydrogen-bond acceptors (Lipinski definition) is 3. The maximum Gasteiger partial charge on any atom is 0.0842 e. The molecule has 2 heterocycles.